The standard InChI is InChI=1S/C17H23N3O/c1-13-9-18-11-16(20-13)19-10-14-6-5-7-15(8-14)12-21-17(2,3)4/h5-9,11H,10,12H2,1-4H3,(H,19,20). The van der Waals surface area contributed by atoms with Gasteiger partial charge in [-0.25, -0.2) is 4.98 Å². The molecule has 4 heteroatoms. The zero-order valence-corrected chi connectivity index (χ0v) is 13.2. The molecule has 0 bridgehead atoms. The minimum Gasteiger partial charge on any atom is -0.371 e. The van der Waals surface area contributed by atoms with Gasteiger partial charge in [0.1, 0.15) is 5.82 Å². The Kier molecular flexibility index (Phi) is 4.91. The van der Waals surface area contributed by atoms with Crippen molar-refractivity contribution in [3.05, 3.63) is 53.5 Å². The first kappa shape index (κ1) is 15.4. The summed E-state index contributed by atoms with van der Waals surface area (Å²) in [6, 6.07) is 8.39. The molecule has 0 fully saturated rings. The first-order valence-electron chi connectivity index (χ1n) is 7.17. The summed E-state index contributed by atoms with van der Waals surface area (Å²) in [5, 5.41) is 3.29. The highest BCUT2D eigenvalue weighted by Gasteiger charge is 2.10. The van der Waals surface area contributed by atoms with Crippen LogP contribution >= 0.6 is 0 Å². The van der Waals surface area contributed by atoms with Gasteiger partial charge in [-0.1, -0.05) is 24.3 Å². The molecule has 0 amide bonds. The number of ether oxygens (including phenoxy) is 1. The third-order valence-electron chi connectivity index (χ3n) is 2.89. The Balaban J connectivity index is 1.95. The number of hydrogen-bond donors (Lipinski definition) is 1. The second-order valence-electron chi connectivity index (χ2n) is 6.12. The van der Waals surface area contributed by atoms with Crippen LogP contribution in [0.4, 0.5) is 5.82 Å². The topological polar surface area (TPSA) is 47.0 Å². The van der Waals surface area contributed by atoms with Crippen molar-refractivity contribution in [2.75, 3.05) is 5.32 Å². The van der Waals surface area contributed by atoms with Crippen LogP contribution in [0.25, 0.3) is 0 Å². The first-order valence-corrected chi connectivity index (χ1v) is 7.17. The molecule has 0 aliphatic carbocycles. The SMILES string of the molecule is Cc1cncc(NCc2cccc(COC(C)(C)C)c2)n1. The monoisotopic (exact) mass is 285 g/mol. The Morgan fingerprint density at radius 2 is 1.90 bits per heavy atom. The number of aromatic nitrogens is 2. The van der Waals surface area contributed by atoms with Gasteiger partial charge in [0, 0.05) is 12.7 Å². The van der Waals surface area contributed by atoms with Crippen LogP contribution in [0, 0.1) is 6.92 Å². The van der Waals surface area contributed by atoms with E-state index in [2.05, 4.69) is 60.3 Å². The van der Waals surface area contributed by atoms with Gasteiger partial charge in [0.05, 0.1) is 24.1 Å². The van der Waals surface area contributed by atoms with Gasteiger partial charge in [0.2, 0.25) is 0 Å². The summed E-state index contributed by atoms with van der Waals surface area (Å²) in [4.78, 5) is 8.51. The van der Waals surface area contributed by atoms with Gasteiger partial charge in [-0.3, -0.25) is 4.98 Å². The molecule has 0 saturated carbocycles. The molecule has 0 unspecified atom stereocenters. The fourth-order valence-corrected chi connectivity index (χ4v) is 1.87. The number of rotatable bonds is 5. The number of hydrogen-bond acceptors (Lipinski definition) is 4. The number of aryl methyl sites for hydroxylation is 1. The van der Waals surface area contributed by atoms with Gasteiger partial charge in [-0.15, -0.1) is 0 Å². The van der Waals surface area contributed by atoms with E-state index in [0.717, 1.165) is 18.1 Å². The van der Waals surface area contributed by atoms with Crippen molar-refractivity contribution in [3.63, 3.8) is 0 Å². The van der Waals surface area contributed by atoms with Gasteiger partial charge in [-0.2, -0.15) is 0 Å². The number of nitrogens with zero attached hydrogens (tertiary/aromatic N) is 2. The van der Waals surface area contributed by atoms with Gasteiger partial charge < -0.3 is 10.1 Å². The highest BCUT2D eigenvalue weighted by Crippen LogP contribution is 2.14. The molecule has 0 aliphatic heterocycles. The second-order valence-corrected chi connectivity index (χ2v) is 6.12. The lowest BCUT2D eigenvalue weighted by Gasteiger charge is -2.19. The van der Waals surface area contributed by atoms with Gasteiger partial charge in [-0.05, 0) is 38.8 Å². The Hall–Kier alpha value is -1.94. The van der Waals surface area contributed by atoms with E-state index in [9.17, 15) is 0 Å². The van der Waals surface area contributed by atoms with Crippen LogP contribution < -0.4 is 5.32 Å². The normalized spacial score (nSPS) is 11.4. The largest absolute Gasteiger partial charge is 0.371 e. The van der Waals surface area contributed by atoms with Crippen molar-refractivity contribution in [2.45, 2.75) is 46.4 Å². The zero-order valence-electron chi connectivity index (χ0n) is 13.2. The van der Waals surface area contributed by atoms with E-state index in [0.29, 0.717) is 6.61 Å². The van der Waals surface area contributed by atoms with Crippen molar-refractivity contribution in [1.29, 1.82) is 0 Å². The molecule has 0 aliphatic rings. The molecule has 1 aromatic carbocycles. The average molecular weight is 285 g/mol. The number of nitrogens with one attached hydrogen (secondary N) is 1. The molecule has 2 rings (SSSR count). The maximum atomic E-state index is 5.81. The predicted molar refractivity (Wildman–Crippen MR) is 85.1 cm³/mol. The van der Waals surface area contributed by atoms with E-state index in [1.54, 1.807) is 12.4 Å². The molecule has 2 aromatic rings. The predicted octanol–water partition coefficient (Wildman–Crippen LogP) is 3.71. The number of benzene rings is 1. The van der Waals surface area contributed by atoms with Crippen LogP contribution in [-0.2, 0) is 17.9 Å². The van der Waals surface area contributed by atoms with E-state index < -0.39 is 0 Å². The van der Waals surface area contributed by atoms with Gasteiger partial charge >= 0.3 is 0 Å². The smallest absolute Gasteiger partial charge is 0.145 e. The third kappa shape index (κ3) is 5.52. The first-order chi connectivity index (χ1) is 9.92. The Labute approximate surface area is 126 Å². The van der Waals surface area contributed by atoms with Crippen molar-refractivity contribution in [3.8, 4) is 0 Å². The van der Waals surface area contributed by atoms with Gasteiger partial charge in [0.15, 0.2) is 0 Å². The summed E-state index contributed by atoms with van der Waals surface area (Å²) >= 11 is 0. The molecule has 0 radical (unpaired) electrons. The van der Waals surface area contributed by atoms with E-state index in [1.165, 1.54) is 11.1 Å². The Bertz CT molecular complexity index is 591. The zero-order chi connectivity index (χ0) is 15.3. The maximum absolute atomic E-state index is 5.81. The highest BCUT2D eigenvalue weighted by atomic mass is 16.5. The van der Waals surface area contributed by atoms with Crippen LogP contribution in [0.1, 0.15) is 37.6 Å². The summed E-state index contributed by atoms with van der Waals surface area (Å²) in [5.74, 6) is 0.798. The van der Waals surface area contributed by atoms with Crippen molar-refractivity contribution in [1.82, 2.24) is 9.97 Å². The van der Waals surface area contributed by atoms with Crippen LogP contribution in [-0.4, -0.2) is 15.6 Å². The Morgan fingerprint density at radius 1 is 1.14 bits per heavy atom. The Morgan fingerprint density at radius 3 is 2.62 bits per heavy atom. The summed E-state index contributed by atoms with van der Waals surface area (Å²) < 4.78 is 5.81. The van der Waals surface area contributed by atoms with Gasteiger partial charge in [0.25, 0.3) is 0 Å². The lowest BCUT2D eigenvalue weighted by molar-refractivity contribution is -0.0149. The minimum atomic E-state index is -0.120. The van der Waals surface area contributed by atoms with E-state index in [4.69, 9.17) is 4.74 Å². The fourth-order valence-electron chi connectivity index (χ4n) is 1.87. The quantitative estimate of drug-likeness (QED) is 0.909. The molecule has 21 heavy (non-hydrogen) atoms. The van der Waals surface area contributed by atoms with Crippen LogP contribution in [0.3, 0.4) is 0 Å². The summed E-state index contributed by atoms with van der Waals surface area (Å²) in [6.45, 7) is 9.48. The molecule has 4 nitrogen and oxygen atoms in total. The van der Waals surface area contributed by atoms with E-state index >= 15 is 0 Å². The third-order valence-corrected chi connectivity index (χ3v) is 2.89. The molecule has 0 saturated heterocycles. The molecular formula is C17H23N3O. The van der Waals surface area contributed by atoms with Crippen molar-refractivity contribution >= 4 is 5.82 Å². The lowest BCUT2D eigenvalue weighted by atomic mass is 10.1. The fraction of sp³-hybridized carbons (Fsp3) is 0.412. The molecular weight excluding hydrogens is 262 g/mol. The number of anilines is 1. The molecule has 0 spiro atoms. The molecule has 0 atom stereocenters. The van der Waals surface area contributed by atoms with Crippen molar-refractivity contribution in [2.24, 2.45) is 0 Å². The minimum absolute atomic E-state index is 0.120. The molecule has 112 valence electrons. The lowest BCUT2D eigenvalue weighted by Crippen LogP contribution is -2.18. The van der Waals surface area contributed by atoms with Crippen molar-refractivity contribution < 1.29 is 4.74 Å². The molecule has 1 heterocycles. The average Bonchev–Trinajstić information content (AvgIpc) is 2.43. The van der Waals surface area contributed by atoms with Crippen LogP contribution in [0.5, 0.6) is 0 Å². The maximum Gasteiger partial charge on any atom is 0.145 e. The highest BCUT2D eigenvalue weighted by molar-refractivity contribution is 5.34. The molecule has 1 N–H and O–H groups in total. The van der Waals surface area contributed by atoms with E-state index in [-0.39, 0.29) is 5.60 Å². The van der Waals surface area contributed by atoms with E-state index in [1.807, 2.05) is 6.92 Å². The van der Waals surface area contributed by atoms with Crippen LogP contribution in [0.15, 0.2) is 36.7 Å². The van der Waals surface area contributed by atoms with Crippen LogP contribution in [0.2, 0.25) is 0 Å². The molecule has 1 aromatic heterocycles. The second kappa shape index (κ2) is 6.68. The summed E-state index contributed by atoms with van der Waals surface area (Å²) in [5.41, 5.74) is 3.17. The summed E-state index contributed by atoms with van der Waals surface area (Å²) in [6.07, 6.45) is 3.48. The summed E-state index contributed by atoms with van der Waals surface area (Å²) in [7, 11) is 0.